The van der Waals surface area contributed by atoms with E-state index >= 15 is 0 Å². The van der Waals surface area contributed by atoms with Gasteiger partial charge in [0.05, 0.1) is 23.3 Å². The zero-order chi connectivity index (χ0) is 18.6. The first kappa shape index (κ1) is 16.8. The summed E-state index contributed by atoms with van der Waals surface area (Å²) in [5, 5.41) is 8.28. The number of para-hydroxylation sites is 2. The number of rotatable bonds is 5. The molecule has 0 bridgehead atoms. The molecule has 27 heavy (non-hydrogen) atoms. The predicted molar refractivity (Wildman–Crippen MR) is 104 cm³/mol. The summed E-state index contributed by atoms with van der Waals surface area (Å²) in [5.74, 6) is 0.411. The summed E-state index contributed by atoms with van der Waals surface area (Å²) in [6, 6.07) is 20.9. The molecule has 134 valence electrons. The number of anilines is 1. The maximum absolute atomic E-state index is 12.1. The van der Waals surface area contributed by atoms with E-state index in [4.69, 9.17) is 4.74 Å². The number of hydrogen-bond acceptors (Lipinski definition) is 4. The number of benzene rings is 2. The Labute approximate surface area is 156 Å². The van der Waals surface area contributed by atoms with Crippen molar-refractivity contribution in [2.45, 2.75) is 6.92 Å². The number of amides is 1. The second kappa shape index (κ2) is 7.29. The number of carbonyl (C=O) groups excluding carboxylic acids is 1. The highest BCUT2D eigenvalue weighted by molar-refractivity contribution is 5.94. The second-order valence-corrected chi connectivity index (χ2v) is 6.08. The minimum Gasteiger partial charge on any atom is -0.484 e. The molecule has 0 atom stereocenters. The van der Waals surface area contributed by atoms with Gasteiger partial charge in [0.25, 0.3) is 5.91 Å². The molecule has 2 heterocycles. The van der Waals surface area contributed by atoms with Crippen molar-refractivity contribution in [2.24, 2.45) is 0 Å². The van der Waals surface area contributed by atoms with Gasteiger partial charge in [-0.1, -0.05) is 36.4 Å². The van der Waals surface area contributed by atoms with Crippen LogP contribution in [0.1, 0.15) is 5.69 Å². The normalized spacial score (nSPS) is 10.7. The van der Waals surface area contributed by atoms with Gasteiger partial charge < -0.3 is 10.1 Å². The number of carbonyl (C=O) groups is 1. The molecular formula is C21H18N4O2. The minimum atomic E-state index is -0.242. The maximum atomic E-state index is 12.1. The van der Waals surface area contributed by atoms with Gasteiger partial charge in [0.2, 0.25) is 0 Å². The van der Waals surface area contributed by atoms with Crippen LogP contribution < -0.4 is 10.1 Å². The Hall–Kier alpha value is -3.67. The Morgan fingerprint density at radius 2 is 1.78 bits per heavy atom. The molecule has 1 N–H and O–H groups in total. The summed E-state index contributed by atoms with van der Waals surface area (Å²) < 4.78 is 7.26. The van der Waals surface area contributed by atoms with E-state index in [1.165, 1.54) is 0 Å². The van der Waals surface area contributed by atoms with E-state index in [0.29, 0.717) is 11.4 Å². The van der Waals surface area contributed by atoms with Gasteiger partial charge in [0.15, 0.2) is 12.3 Å². The van der Waals surface area contributed by atoms with Crippen molar-refractivity contribution in [3.8, 4) is 11.4 Å². The molecule has 0 radical (unpaired) electrons. The van der Waals surface area contributed by atoms with E-state index in [2.05, 4.69) is 15.4 Å². The lowest BCUT2D eigenvalue weighted by Gasteiger charge is -2.07. The van der Waals surface area contributed by atoms with Gasteiger partial charge in [-0.2, -0.15) is 5.10 Å². The first-order valence-electron chi connectivity index (χ1n) is 8.59. The molecule has 0 spiro atoms. The molecule has 6 nitrogen and oxygen atoms in total. The minimum absolute atomic E-state index is 0.0652. The first-order valence-corrected chi connectivity index (χ1v) is 8.59. The fourth-order valence-electron chi connectivity index (χ4n) is 2.82. The average Bonchev–Trinajstić information content (AvgIpc) is 3.04. The van der Waals surface area contributed by atoms with Crippen molar-refractivity contribution in [3.63, 3.8) is 0 Å². The lowest BCUT2D eigenvalue weighted by molar-refractivity contribution is -0.118. The average molecular weight is 358 g/mol. The van der Waals surface area contributed by atoms with Crippen LogP contribution >= 0.6 is 0 Å². The number of fused-ring (bicyclic) bond motifs is 1. The fraction of sp³-hybridized carbons (Fsp3) is 0.0952. The molecule has 2 aromatic carbocycles. The number of ether oxygens (including phenoxy) is 1. The highest BCUT2D eigenvalue weighted by Gasteiger charge is 2.12. The SMILES string of the molecule is Cc1nn(-c2ccccc2)c2ncc(NC(=O)COc3ccccc3)cc12. The summed E-state index contributed by atoms with van der Waals surface area (Å²) in [4.78, 5) is 16.6. The molecule has 6 heteroatoms. The highest BCUT2D eigenvalue weighted by Crippen LogP contribution is 2.22. The van der Waals surface area contributed by atoms with Gasteiger partial charge >= 0.3 is 0 Å². The van der Waals surface area contributed by atoms with Crippen LogP contribution in [-0.4, -0.2) is 27.3 Å². The third-order valence-electron chi connectivity index (χ3n) is 4.10. The molecule has 0 saturated heterocycles. The first-order chi connectivity index (χ1) is 13.2. The van der Waals surface area contributed by atoms with Crippen molar-refractivity contribution >= 4 is 22.6 Å². The summed E-state index contributed by atoms with van der Waals surface area (Å²) in [7, 11) is 0. The van der Waals surface area contributed by atoms with Crippen LogP contribution in [0.15, 0.2) is 72.9 Å². The van der Waals surface area contributed by atoms with Crippen LogP contribution in [0, 0.1) is 6.92 Å². The molecule has 4 aromatic rings. The topological polar surface area (TPSA) is 69.0 Å². The number of pyridine rings is 1. The molecule has 0 aliphatic heterocycles. The van der Waals surface area contributed by atoms with Crippen molar-refractivity contribution in [3.05, 3.63) is 78.6 Å². The Morgan fingerprint density at radius 3 is 2.52 bits per heavy atom. The zero-order valence-electron chi connectivity index (χ0n) is 14.8. The third-order valence-corrected chi connectivity index (χ3v) is 4.10. The molecular weight excluding hydrogens is 340 g/mol. The van der Waals surface area contributed by atoms with E-state index in [1.807, 2.05) is 73.7 Å². The quantitative estimate of drug-likeness (QED) is 0.590. The molecule has 4 rings (SSSR count). The molecule has 0 saturated carbocycles. The molecule has 0 aliphatic rings. The van der Waals surface area contributed by atoms with Crippen LogP contribution in [0.2, 0.25) is 0 Å². The van der Waals surface area contributed by atoms with Gasteiger partial charge in [0, 0.05) is 5.39 Å². The van der Waals surface area contributed by atoms with Crippen LogP contribution in [0.3, 0.4) is 0 Å². The molecule has 0 fully saturated rings. The van der Waals surface area contributed by atoms with E-state index in [0.717, 1.165) is 22.4 Å². The van der Waals surface area contributed by atoms with Gasteiger partial charge in [0.1, 0.15) is 5.75 Å². The number of aryl methyl sites for hydroxylation is 1. The summed E-state index contributed by atoms with van der Waals surface area (Å²) in [6.45, 7) is 1.86. The Bertz CT molecular complexity index is 1080. The van der Waals surface area contributed by atoms with Crippen molar-refractivity contribution < 1.29 is 9.53 Å². The number of nitrogens with one attached hydrogen (secondary N) is 1. The van der Waals surface area contributed by atoms with Crippen LogP contribution in [0.25, 0.3) is 16.7 Å². The van der Waals surface area contributed by atoms with E-state index in [-0.39, 0.29) is 12.5 Å². The van der Waals surface area contributed by atoms with Crippen LogP contribution in [0.4, 0.5) is 5.69 Å². The zero-order valence-corrected chi connectivity index (χ0v) is 14.8. The smallest absolute Gasteiger partial charge is 0.262 e. The fourth-order valence-corrected chi connectivity index (χ4v) is 2.82. The molecule has 2 aromatic heterocycles. The van der Waals surface area contributed by atoms with E-state index < -0.39 is 0 Å². The standard InChI is InChI=1S/C21H18N4O2/c1-15-19-12-16(23-20(26)14-27-18-10-6-3-7-11-18)13-22-21(19)25(24-15)17-8-4-2-5-9-17/h2-13H,14H2,1H3,(H,23,26). The number of aromatic nitrogens is 3. The van der Waals surface area contributed by atoms with Gasteiger partial charge in [-0.15, -0.1) is 0 Å². The number of hydrogen-bond donors (Lipinski definition) is 1. The van der Waals surface area contributed by atoms with Crippen LogP contribution in [0.5, 0.6) is 5.75 Å². The second-order valence-electron chi connectivity index (χ2n) is 6.08. The lowest BCUT2D eigenvalue weighted by Crippen LogP contribution is -2.20. The largest absolute Gasteiger partial charge is 0.484 e. The van der Waals surface area contributed by atoms with Crippen molar-refractivity contribution in [2.75, 3.05) is 11.9 Å². The third kappa shape index (κ3) is 3.64. The monoisotopic (exact) mass is 358 g/mol. The van der Waals surface area contributed by atoms with Gasteiger partial charge in [-0.25, -0.2) is 9.67 Å². The summed E-state index contributed by atoms with van der Waals surface area (Å²) in [5.41, 5.74) is 3.14. The van der Waals surface area contributed by atoms with E-state index in [9.17, 15) is 4.79 Å². The van der Waals surface area contributed by atoms with Crippen LogP contribution in [-0.2, 0) is 4.79 Å². The Balaban J connectivity index is 1.52. The number of nitrogens with zero attached hydrogens (tertiary/aromatic N) is 3. The van der Waals surface area contributed by atoms with Gasteiger partial charge in [-0.3, -0.25) is 4.79 Å². The predicted octanol–water partition coefficient (Wildman–Crippen LogP) is 3.75. The summed E-state index contributed by atoms with van der Waals surface area (Å²) >= 11 is 0. The Kier molecular flexibility index (Phi) is 4.53. The van der Waals surface area contributed by atoms with Crippen molar-refractivity contribution in [1.82, 2.24) is 14.8 Å². The highest BCUT2D eigenvalue weighted by atomic mass is 16.5. The van der Waals surface area contributed by atoms with Crippen molar-refractivity contribution in [1.29, 1.82) is 0 Å². The Morgan fingerprint density at radius 1 is 1.07 bits per heavy atom. The van der Waals surface area contributed by atoms with Gasteiger partial charge in [-0.05, 0) is 37.3 Å². The molecule has 1 amide bonds. The molecule has 0 aliphatic carbocycles. The summed E-state index contributed by atoms with van der Waals surface area (Å²) in [6.07, 6.45) is 1.63. The van der Waals surface area contributed by atoms with E-state index in [1.54, 1.807) is 10.9 Å². The molecule has 0 unspecified atom stereocenters. The lowest BCUT2D eigenvalue weighted by atomic mass is 10.2. The maximum Gasteiger partial charge on any atom is 0.262 e.